The molecule has 0 amide bonds. The lowest BCUT2D eigenvalue weighted by molar-refractivity contribution is 0.118. The van der Waals surface area contributed by atoms with Crippen LogP contribution in [-0.4, -0.2) is 17.3 Å². The molecule has 0 aliphatic carbocycles. The van der Waals surface area contributed by atoms with E-state index in [0.29, 0.717) is 0 Å². The Morgan fingerprint density at radius 3 is 2.17 bits per heavy atom. The highest BCUT2D eigenvalue weighted by Crippen LogP contribution is 1.92. The van der Waals surface area contributed by atoms with Gasteiger partial charge in [-0.05, 0) is 13.8 Å². The van der Waals surface area contributed by atoms with Crippen LogP contribution in [-0.2, 0) is 0 Å². The van der Waals surface area contributed by atoms with Crippen LogP contribution in [0.5, 0.6) is 0 Å². The number of hydrogen-bond donors (Lipinski definition) is 2. The first-order valence-corrected chi connectivity index (χ1v) is 1.84. The third kappa shape index (κ3) is 3.92. The number of nitrogens with two attached hydrogens (primary N) is 1. The van der Waals surface area contributed by atoms with E-state index in [0.717, 1.165) is 0 Å². The fourth-order valence-corrected chi connectivity index (χ4v) is 0. The van der Waals surface area contributed by atoms with Crippen LogP contribution in [0.15, 0.2) is 0 Å². The van der Waals surface area contributed by atoms with Crippen LogP contribution < -0.4 is 5.73 Å². The van der Waals surface area contributed by atoms with E-state index < -0.39 is 5.60 Å². The standard InChI is InChI=1S/C4H10NO/c1-4(2,6)3-5/h6H,1,3,5H2,2H3. The molecule has 1 radical (unpaired) electrons. The van der Waals surface area contributed by atoms with E-state index >= 15 is 0 Å². The second kappa shape index (κ2) is 1.58. The predicted molar refractivity (Wildman–Crippen MR) is 25.0 cm³/mol. The highest BCUT2D eigenvalue weighted by molar-refractivity contribution is 4.74. The molecule has 0 rings (SSSR count). The summed E-state index contributed by atoms with van der Waals surface area (Å²) in [6.45, 7) is 5.10. The summed E-state index contributed by atoms with van der Waals surface area (Å²) >= 11 is 0. The fraction of sp³-hybridized carbons (Fsp3) is 0.750. The van der Waals surface area contributed by atoms with Crippen molar-refractivity contribution < 1.29 is 5.11 Å². The van der Waals surface area contributed by atoms with Crippen molar-refractivity contribution in [2.45, 2.75) is 12.5 Å². The molecule has 0 aromatic carbocycles. The SMILES string of the molecule is [CH2]C(C)(O)CN. The lowest BCUT2D eigenvalue weighted by Crippen LogP contribution is -2.30. The van der Waals surface area contributed by atoms with Gasteiger partial charge in [-0.1, -0.05) is 0 Å². The Bertz CT molecular complexity index is 37.3. The van der Waals surface area contributed by atoms with Gasteiger partial charge in [0.2, 0.25) is 0 Å². The van der Waals surface area contributed by atoms with Gasteiger partial charge in [-0.3, -0.25) is 0 Å². The van der Waals surface area contributed by atoms with Crippen molar-refractivity contribution in [3.8, 4) is 0 Å². The molecular formula is C4H10NO. The summed E-state index contributed by atoms with van der Waals surface area (Å²) < 4.78 is 0. The molecule has 1 unspecified atom stereocenters. The third-order valence-corrected chi connectivity index (χ3v) is 0.440. The number of rotatable bonds is 1. The quantitative estimate of drug-likeness (QED) is 0.455. The van der Waals surface area contributed by atoms with Crippen LogP contribution in [0.1, 0.15) is 6.92 Å². The van der Waals surface area contributed by atoms with Crippen molar-refractivity contribution in [3.63, 3.8) is 0 Å². The zero-order chi connectivity index (χ0) is 5.21. The topological polar surface area (TPSA) is 46.2 Å². The summed E-state index contributed by atoms with van der Waals surface area (Å²) in [6, 6.07) is 0. The van der Waals surface area contributed by atoms with Gasteiger partial charge in [0, 0.05) is 6.54 Å². The molecular weight excluding hydrogens is 78.1 g/mol. The monoisotopic (exact) mass is 88.1 g/mol. The molecule has 0 saturated heterocycles. The van der Waals surface area contributed by atoms with E-state index in [1.54, 1.807) is 6.92 Å². The van der Waals surface area contributed by atoms with Crippen molar-refractivity contribution in [2.24, 2.45) is 5.73 Å². The fourth-order valence-electron chi connectivity index (χ4n) is 0. The molecule has 2 nitrogen and oxygen atoms in total. The van der Waals surface area contributed by atoms with E-state index in [-0.39, 0.29) is 6.54 Å². The Kier molecular flexibility index (Phi) is 1.56. The number of hydrogen-bond acceptors (Lipinski definition) is 2. The van der Waals surface area contributed by atoms with Gasteiger partial charge in [0.05, 0.1) is 5.60 Å². The molecule has 0 bridgehead atoms. The van der Waals surface area contributed by atoms with E-state index in [4.69, 9.17) is 10.8 Å². The Hall–Kier alpha value is -0.0800. The highest BCUT2D eigenvalue weighted by Gasteiger charge is 2.06. The maximum atomic E-state index is 8.59. The van der Waals surface area contributed by atoms with Crippen LogP contribution in [0.4, 0.5) is 0 Å². The van der Waals surface area contributed by atoms with Gasteiger partial charge < -0.3 is 10.8 Å². The van der Waals surface area contributed by atoms with Gasteiger partial charge in [-0.2, -0.15) is 0 Å². The Morgan fingerprint density at radius 2 is 2.17 bits per heavy atom. The van der Waals surface area contributed by atoms with Crippen LogP contribution in [0, 0.1) is 6.92 Å². The van der Waals surface area contributed by atoms with E-state index in [2.05, 4.69) is 6.92 Å². The van der Waals surface area contributed by atoms with Crippen molar-refractivity contribution in [1.29, 1.82) is 0 Å². The minimum absolute atomic E-state index is 0.215. The molecule has 0 aromatic rings. The zero-order valence-electron chi connectivity index (χ0n) is 3.94. The first kappa shape index (κ1) is 5.92. The summed E-state index contributed by atoms with van der Waals surface area (Å²) in [5.74, 6) is 0. The van der Waals surface area contributed by atoms with Gasteiger partial charge in [0.1, 0.15) is 0 Å². The second-order valence-electron chi connectivity index (χ2n) is 1.70. The second-order valence-corrected chi connectivity index (χ2v) is 1.70. The Morgan fingerprint density at radius 1 is 2.00 bits per heavy atom. The predicted octanol–water partition coefficient (Wildman–Crippen LogP) is -0.470. The largest absolute Gasteiger partial charge is 0.389 e. The number of aliphatic hydroxyl groups is 1. The van der Waals surface area contributed by atoms with E-state index in [1.807, 2.05) is 0 Å². The maximum Gasteiger partial charge on any atom is 0.0742 e. The molecule has 0 saturated carbocycles. The molecule has 0 heterocycles. The third-order valence-electron chi connectivity index (χ3n) is 0.440. The first-order chi connectivity index (χ1) is 2.56. The minimum Gasteiger partial charge on any atom is -0.389 e. The van der Waals surface area contributed by atoms with Crippen molar-refractivity contribution in [1.82, 2.24) is 0 Å². The van der Waals surface area contributed by atoms with Gasteiger partial charge in [-0.25, -0.2) is 0 Å². The average molecular weight is 88.1 g/mol. The summed E-state index contributed by atoms with van der Waals surface area (Å²) in [4.78, 5) is 0. The molecule has 0 aliphatic rings. The Balaban J connectivity index is 3.17. The average Bonchev–Trinajstić information content (AvgIpc) is 1.35. The maximum absolute atomic E-state index is 8.59. The van der Waals surface area contributed by atoms with Crippen LogP contribution >= 0.6 is 0 Å². The first-order valence-electron chi connectivity index (χ1n) is 1.84. The normalized spacial score (nSPS) is 12.0. The molecule has 0 spiro atoms. The highest BCUT2D eigenvalue weighted by atomic mass is 16.3. The van der Waals surface area contributed by atoms with Crippen molar-refractivity contribution >= 4 is 0 Å². The summed E-state index contributed by atoms with van der Waals surface area (Å²) in [6.07, 6.45) is 0. The summed E-state index contributed by atoms with van der Waals surface area (Å²) in [7, 11) is 0. The lowest BCUT2D eigenvalue weighted by atomic mass is 10.1. The summed E-state index contributed by atoms with van der Waals surface area (Å²) in [5, 5.41) is 8.59. The zero-order valence-corrected chi connectivity index (χ0v) is 3.94. The molecule has 0 aliphatic heterocycles. The molecule has 37 valence electrons. The Labute approximate surface area is 38.0 Å². The van der Waals surface area contributed by atoms with Gasteiger partial charge >= 0.3 is 0 Å². The molecule has 1 atom stereocenters. The van der Waals surface area contributed by atoms with Crippen molar-refractivity contribution in [2.75, 3.05) is 6.54 Å². The molecule has 6 heavy (non-hydrogen) atoms. The van der Waals surface area contributed by atoms with Gasteiger partial charge in [-0.15, -0.1) is 0 Å². The lowest BCUT2D eigenvalue weighted by Gasteiger charge is -2.11. The van der Waals surface area contributed by atoms with Crippen molar-refractivity contribution in [3.05, 3.63) is 6.92 Å². The molecule has 0 fully saturated rings. The summed E-state index contributed by atoms with van der Waals surface area (Å²) in [5.41, 5.74) is 4.06. The van der Waals surface area contributed by atoms with Crippen LogP contribution in [0.25, 0.3) is 0 Å². The molecule has 0 aromatic heterocycles. The van der Waals surface area contributed by atoms with E-state index in [1.165, 1.54) is 0 Å². The van der Waals surface area contributed by atoms with E-state index in [9.17, 15) is 0 Å². The molecule has 2 heteroatoms. The minimum atomic E-state index is -0.931. The van der Waals surface area contributed by atoms with Crippen LogP contribution in [0.3, 0.4) is 0 Å². The van der Waals surface area contributed by atoms with Crippen LogP contribution in [0.2, 0.25) is 0 Å². The smallest absolute Gasteiger partial charge is 0.0742 e. The molecule has 3 N–H and O–H groups in total. The van der Waals surface area contributed by atoms with Gasteiger partial charge in [0.25, 0.3) is 0 Å². The van der Waals surface area contributed by atoms with Gasteiger partial charge in [0.15, 0.2) is 0 Å².